The minimum atomic E-state index is -1.25. The molecular formula is C30H69N2Si2+. The van der Waals surface area contributed by atoms with Crippen LogP contribution in [-0.4, -0.2) is 60.6 Å². The fraction of sp³-hybridized carbons (Fsp3) is 1.00. The number of quaternary nitrogens is 1. The van der Waals surface area contributed by atoms with Crippen LogP contribution >= 0.6 is 0 Å². The standard InChI is InChI=1S/C30H69N2Si2/c1-9-11-13-14-15-16-17-18-19-20-21-22-23-24-25-26-29-34(8,31(3)4)30-28-33(7)32(5,6)27-12-10-2/h33H,9-30H2,1-8H3/q+1. The fourth-order valence-corrected chi connectivity index (χ4v) is 12.9. The summed E-state index contributed by atoms with van der Waals surface area (Å²) >= 11 is 0. The van der Waals surface area contributed by atoms with Gasteiger partial charge in [-0.1, -0.05) is 130 Å². The van der Waals surface area contributed by atoms with E-state index in [1.807, 2.05) is 0 Å². The summed E-state index contributed by atoms with van der Waals surface area (Å²) in [4.78, 5) is 0. The maximum atomic E-state index is 2.67. The van der Waals surface area contributed by atoms with Gasteiger partial charge in [0, 0.05) is 0 Å². The Balaban J connectivity index is 3.81. The van der Waals surface area contributed by atoms with Crippen molar-refractivity contribution in [3.05, 3.63) is 0 Å². The zero-order chi connectivity index (χ0) is 25.7. The molecule has 2 nitrogen and oxygen atoms in total. The van der Waals surface area contributed by atoms with Crippen molar-refractivity contribution in [1.29, 1.82) is 0 Å². The molecule has 0 aliphatic heterocycles. The normalized spacial score (nSPS) is 15.1. The molecule has 0 fully saturated rings. The van der Waals surface area contributed by atoms with Crippen LogP contribution in [-0.2, 0) is 0 Å². The maximum Gasteiger partial charge on any atom is 0.266 e. The van der Waals surface area contributed by atoms with Crippen molar-refractivity contribution in [3.8, 4) is 0 Å². The molecule has 0 saturated heterocycles. The molecule has 0 aromatic carbocycles. The number of hydrogen-bond donors (Lipinski definition) is 0. The van der Waals surface area contributed by atoms with Gasteiger partial charge in [-0.3, -0.25) is 0 Å². The second-order valence-electron chi connectivity index (χ2n) is 12.7. The third kappa shape index (κ3) is 17.7. The number of unbranched alkanes of at least 4 members (excludes halogenated alkanes) is 16. The Morgan fingerprint density at radius 1 is 0.588 bits per heavy atom. The lowest BCUT2D eigenvalue weighted by molar-refractivity contribution is -0.785. The van der Waals surface area contributed by atoms with E-state index in [2.05, 4.69) is 59.7 Å². The summed E-state index contributed by atoms with van der Waals surface area (Å²) in [5.41, 5.74) is 0. The molecule has 0 N–H and O–H groups in total. The van der Waals surface area contributed by atoms with E-state index in [1.54, 1.807) is 0 Å². The first-order valence-corrected chi connectivity index (χ1v) is 21.0. The van der Waals surface area contributed by atoms with Crippen molar-refractivity contribution in [3.63, 3.8) is 0 Å². The van der Waals surface area contributed by atoms with Gasteiger partial charge in [0.15, 0.2) is 0 Å². The molecule has 0 bridgehead atoms. The van der Waals surface area contributed by atoms with Crippen molar-refractivity contribution in [1.82, 2.24) is 4.57 Å². The second kappa shape index (κ2) is 21.4. The molecule has 2 unspecified atom stereocenters. The zero-order valence-corrected chi connectivity index (χ0v) is 27.7. The molecule has 0 heterocycles. The number of hydrogen-bond acceptors (Lipinski definition) is 1. The highest BCUT2D eigenvalue weighted by molar-refractivity contribution is 6.76. The molecule has 4 heteroatoms. The van der Waals surface area contributed by atoms with Crippen molar-refractivity contribution >= 4 is 17.2 Å². The molecule has 206 valence electrons. The number of rotatable bonds is 25. The summed E-state index contributed by atoms with van der Waals surface area (Å²) in [6.07, 6.45) is 26.2. The molecule has 0 rings (SSSR count). The maximum absolute atomic E-state index is 2.67. The van der Waals surface area contributed by atoms with Crippen LogP contribution in [0.3, 0.4) is 0 Å². The highest BCUT2D eigenvalue weighted by Gasteiger charge is 2.34. The second-order valence-corrected chi connectivity index (χ2v) is 21.2. The Hall–Kier alpha value is 0.354. The summed E-state index contributed by atoms with van der Waals surface area (Å²) in [6.45, 7) is 11.3. The first-order valence-electron chi connectivity index (χ1n) is 15.7. The predicted octanol–water partition coefficient (Wildman–Crippen LogP) is 9.61. The van der Waals surface area contributed by atoms with Crippen LogP contribution in [0, 0.1) is 0 Å². The SMILES string of the molecule is CCCCCCCCCCCCCCCCCC[Si](C)(CC[SiH](C)[N+](C)(C)CCCC)N(C)C. The molecule has 34 heavy (non-hydrogen) atoms. The summed E-state index contributed by atoms with van der Waals surface area (Å²) in [7, 11) is 7.81. The lowest BCUT2D eigenvalue weighted by Crippen LogP contribution is -2.53. The molecule has 0 amide bonds. The smallest absolute Gasteiger partial charge is 0.266 e. The largest absolute Gasteiger partial charge is 0.391 e. The molecule has 0 spiro atoms. The predicted molar refractivity (Wildman–Crippen MR) is 164 cm³/mol. The van der Waals surface area contributed by atoms with Crippen molar-refractivity contribution in [2.75, 3.05) is 34.7 Å². The van der Waals surface area contributed by atoms with E-state index < -0.39 is 17.2 Å². The monoisotopic (exact) mass is 513 g/mol. The quantitative estimate of drug-likeness (QED) is 0.0867. The third-order valence-corrected chi connectivity index (χ3v) is 18.3. The lowest BCUT2D eigenvalue weighted by atomic mass is 10.0. The minimum absolute atomic E-state index is 0.718. The Morgan fingerprint density at radius 2 is 0.971 bits per heavy atom. The van der Waals surface area contributed by atoms with Gasteiger partial charge in [-0.25, -0.2) is 0 Å². The van der Waals surface area contributed by atoms with E-state index in [4.69, 9.17) is 0 Å². The van der Waals surface area contributed by atoms with E-state index in [1.165, 1.54) is 144 Å². The van der Waals surface area contributed by atoms with Gasteiger partial charge in [0.2, 0.25) is 0 Å². The van der Waals surface area contributed by atoms with Gasteiger partial charge in [-0.15, -0.1) is 0 Å². The molecule has 0 saturated carbocycles. The van der Waals surface area contributed by atoms with Crippen molar-refractivity contribution in [2.45, 2.75) is 161 Å². The molecule has 0 aliphatic rings. The molecule has 0 radical (unpaired) electrons. The van der Waals surface area contributed by atoms with Crippen LogP contribution in [0.25, 0.3) is 0 Å². The van der Waals surface area contributed by atoms with Crippen LogP contribution in [0.4, 0.5) is 0 Å². The Bertz CT molecular complexity index is 442. The van der Waals surface area contributed by atoms with Crippen molar-refractivity contribution in [2.24, 2.45) is 0 Å². The highest BCUT2D eigenvalue weighted by atomic mass is 28.3. The Kier molecular flexibility index (Phi) is 21.7. The van der Waals surface area contributed by atoms with E-state index in [0.29, 0.717) is 0 Å². The van der Waals surface area contributed by atoms with Gasteiger partial charge >= 0.3 is 0 Å². The van der Waals surface area contributed by atoms with Gasteiger partial charge in [0.05, 0.1) is 20.6 Å². The van der Waals surface area contributed by atoms with Gasteiger partial charge in [-0.05, 0) is 45.2 Å². The van der Waals surface area contributed by atoms with Gasteiger partial charge in [-0.2, -0.15) is 0 Å². The lowest BCUT2D eigenvalue weighted by Gasteiger charge is -2.39. The van der Waals surface area contributed by atoms with Crippen molar-refractivity contribution < 1.29 is 4.15 Å². The first-order chi connectivity index (χ1) is 16.2. The van der Waals surface area contributed by atoms with Crippen LogP contribution in [0.5, 0.6) is 0 Å². The first kappa shape index (κ1) is 34.4. The topological polar surface area (TPSA) is 3.24 Å². The van der Waals surface area contributed by atoms with E-state index in [-0.39, 0.29) is 0 Å². The summed E-state index contributed by atoms with van der Waals surface area (Å²) < 4.78 is 4.01. The molecule has 0 aromatic rings. The fourth-order valence-electron chi connectivity index (χ4n) is 5.28. The third-order valence-electron chi connectivity index (χ3n) is 9.03. The molecular weight excluding hydrogens is 445 g/mol. The molecule has 2 atom stereocenters. The zero-order valence-electron chi connectivity index (χ0n) is 25.5. The Labute approximate surface area is 221 Å². The average molecular weight is 514 g/mol. The van der Waals surface area contributed by atoms with Gasteiger partial charge in [0.25, 0.3) is 8.96 Å². The minimum Gasteiger partial charge on any atom is -0.391 e. The number of nitrogens with zero attached hydrogens (tertiary/aromatic N) is 2. The van der Waals surface area contributed by atoms with Gasteiger partial charge < -0.3 is 8.71 Å². The molecule has 0 aliphatic carbocycles. The highest BCUT2D eigenvalue weighted by Crippen LogP contribution is 2.26. The van der Waals surface area contributed by atoms with E-state index in [9.17, 15) is 0 Å². The van der Waals surface area contributed by atoms with E-state index in [0.717, 1.165) is 0 Å². The Morgan fingerprint density at radius 3 is 1.35 bits per heavy atom. The molecule has 0 aromatic heterocycles. The average Bonchev–Trinajstić information content (AvgIpc) is 2.80. The van der Waals surface area contributed by atoms with E-state index >= 15 is 0 Å². The van der Waals surface area contributed by atoms with Crippen LogP contribution < -0.4 is 0 Å². The van der Waals surface area contributed by atoms with Crippen LogP contribution in [0.1, 0.15) is 129 Å². The van der Waals surface area contributed by atoms with Gasteiger partial charge in [0.1, 0.15) is 8.24 Å². The van der Waals surface area contributed by atoms with Crippen LogP contribution in [0.2, 0.25) is 31.2 Å². The summed E-state index contributed by atoms with van der Waals surface area (Å²) in [6, 6.07) is 4.58. The van der Waals surface area contributed by atoms with Crippen LogP contribution in [0.15, 0.2) is 0 Å². The summed E-state index contributed by atoms with van der Waals surface area (Å²) in [5, 5.41) is 0. The summed E-state index contributed by atoms with van der Waals surface area (Å²) in [5.74, 6) is 0.